The van der Waals surface area contributed by atoms with E-state index in [4.69, 9.17) is 10.5 Å². The van der Waals surface area contributed by atoms with Crippen molar-refractivity contribution in [1.29, 1.82) is 0 Å². The van der Waals surface area contributed by atoms with Gasteiger partial charge in [0.15, 0.2) is 11.6 Å². The van der Waals surface area contributed by atoms with Crippen molar-refractivity contribution in [1.82, 2.24) is 0 Å². The average Bonchev–Trinajstić information content (AvgIpc) is 2.34. The molecule has 0 fully saturated rings. The molecule has 0 bridgehead atoms. The maximum Gasteiger partial charge on any atom is 0.167 e. The molecular weight excluding hydrogens is 229 g/mol. The lowest BCUT2D eigenvalue weighted by molar-refractivity contribution is 0.433. The maximum absolute atomic E-state index is 13.8. The van der Waals surface area contributed by atoms with Gasteiger partial charge in [-0.25, -0.2) is 4.39 Å². The second-order valence-electron chi connectivity index (χ2n) is 4.30. The Morgan fingerprint density at radius 3 is 2.61 bits per heavy atom. The lowest BCUT2D eigenvalue weighted by atomic mass is 10.1. The third-order valence-corrected chi connectivity index (χ3v) is 2.81. The summed E-state index contributed by atoms with van der Waals surface area (Å²) in [5.41, 5.74) is 8.37. The molecule has 0 aliphatic carbocycles. The standard InChI is InChI=1S/C15H16FNO/c1-10-6-7-14(11(2)8-10)18-15-12(9-17)4-3-5-13(15)16/h3-8H,9,17H2,1-2H3. The van der Waals surface area contributed by atoms with E-state index in [1.54, 1.807) is 12.1 Å². The highest BCUT2D eigenvalue weighted by atomic mass is 19.1. The molecule has 0 aromatic heterocycles. The first-order chi connectivity index (χ1) is 8.61. The Morgan fingerprint density at radius 2 is 1.94 bits per heavy atom. The number of ether oxygens (including phenoxy) is 1. The second kappa shape index (κ2) is 5.19. The minimum absolute atomic E-state index is 0.215. The van der Waals surface area contributed by atoms with Gasteiger partial charge < -0.3 is 10.5 Å². The molecule has 0 amide bonds. The van der Waals surface area contributed by atoms with Gasteiger partial charge in [0.05, 0.1) is 0 Å². The first kappa shape index (κ1) is 12.6. The van der Waals surface area contributed by atoms with Gasteiger partial charge in [-0.2, -0.15) is 0 Å². The third-order valence-electron chi connectivity index (χ3n) is 2.81. The van der Waals surface area contributed by atoms with E-state index in [0.29, 0.717) is 11.3 Å². The first-order valence-electron chi connectivity index (χ1n) is 5.84. The van der Waals surface area contributed by atoms with E-state index in [2.05, 4.69) is 0 Å². The number of para-hydroxylation sites is 1. The van der Waals surface area contributed by atoms with Crippen LogP contribution < -0.4 is 10.5 Å². The van der Waals surface area contributed by atoms with Gasteiger partial charge >= 0.3 is 0 Å². The predicted molar refractivity (Wildman–Crippen MR) is 70.3 cm³/mol. The minimum Gasteiger partial charge on any atom is -0.454 e. The van der Waals surface area contributed by atoms with E-state index in [0.717, 1.165) is 11.1 Å². The summed E-state index contributed by atoms with van der Waals surface area (Å²) in [5, 5.41) is 0. The van der Waals surface area contributed by atoms with Gasteiger partial charge in [-0.15, -0.1) is 0 Å². The minimum atomic E-state index is -0.391. The lowest BCUT2D eigenvalue weighted by Crippen LogP contribution is -2.01. The Balaban J connectivity index is 2.39. The average molecular weight is 245 g/mol. The number of nitrogens with two attached hydrogens (primary N) is 1. The molecule has 18 heavy (non-hydrogen) atoms. The molecule has 0 aliphatic rings. The van der Waals surface area contributed by atoms with Crippen LogP contribution in [0, 0.1) is 19.7 Å². The van der Waals surface area contributed by atoms with Crippen molar-refractivity contribution in [2.45, 2.75) is 20.4 Å². The van der Waals surface area contributed by atoms with Crippen LogP contribution in [0.1, 0.15) is 16.7 Å². The van der Waals surface area contributed by atoms with Crippen molar-refractivity contribution in [3.63, 3.8) is 0 Å². The molecule has 2 rings (SSSR count). The van der Waals surface area contributed by atoms with Gasteiger partial charge in [0.1, 0.15) is 5.75 Å². The Bertz CT molecular complexity index is 566. The molecule has 0 radical (unpaired) electrons. The molecule has 0 spiro atoms. The smallest absolute Gasteiger partial charge is 0.167 e. The SMILES string of the molecule is Cc1ccc(Oc2c(F)cccc2CN)c(C)c1. The van der Waals surface area contributed by atoms with Crippen molar-refractivity contribution in [2.75, 3.05) is 0 Å². The van der Waals surface area contributed by atoms with Crippen molar-refractivity contribution in [3.8, 4) is 11.5 Å². The van der Waals surface area contributed by atoms with Crippen molar-refractivity contribution in [2.24, 2.45) is 5.73 Å². The summed E-state index contributed by atoms with van der Waals surface area (Å²) in [6, 6.07) is 10.5. The monoisotopic (exact) mass is 245 g/mol. The molecule has 2 nitrogen and oxygen atoms in total. The molecule has 2 aromatic carbocycles. The van der Waals surface area contributed by atoms with Crippen LogP contribution in [0.4, 0.5) is 4.39 Å². The van der Waals surface area contributed by atoms with Crippen molar-refractivity contribution >= 4 is 0 Å². The normalized spacial score (nSPS) is 10.4. The number of halogens is 1. The zero-order valence-corrected chi connectivity index (χ0v) is 10.5. The van der Waals surface area contributed by atoms with Gasteiger partial charge in [-0.05, 0) is 31.5 Å². The maximum atomic E-state index is 13.8. The molecule has 2 aromatic rings. The van der Waals surface area contributed by atoms with Gasteiger partial charge in [0, 0.05) is 12.1 Å². The molecule has 2 N–H and O–H groups in total. The number of aryl methyl sites for hydroxylation is 2. The van der Waals surface area contributed by atoms with Crippen molar-refractivity contribution in [3.05, 3.63) is 58.9 Å². The van der Waals surface area contributed by atoms with Gasteiger partial charge in [0.25, 0.3) is 0 Å². The van der Waals surface area contributed by atoms with E-state index in [-0.39, 0.29) is 12.3 Å². The van der Waals surface area contributed by atoms with Crippen molar-refractivity contribution < 1.29 is 9.13 Å². The summed E-state index contributed by atoms with van der Waals surface area (Å²) < 4.78 is 19.4. The summed E-state index contributed by atoms with van der Waals surface area (Å²) in [7, 11) is 0. The molecule has 0 unspecified atom stereocenters. The van der Waals surface area contributed by atoms with Crippen LogP contribution in [-0.2, 0) is 6.54 Å². The highest BCUT2D eigenvalue weighted by Gasteiger charge is 2.11. The number of hydrogen-bond acceptors (Lipinski definition) is 2. The first-order valence-corrected chi connectivity index (χ1v) is 5.84. The van der Waals surface area contributed by atoms with Crippen LogP contribution in [0.2, 0.25) is 0 Å². The highest BCUT2D eigenvalue weighted by Crippen LogP contribution is 2.30. The summed E-state index contributed by atoms with van der Waals surface area (Å²) in [6.07, 6.45) is 0. The third kappa shape index (κ3) is 2.51. The zero-order chi connectivity index (χ0) is 13.1. The number of benzene rings is 2. The predicted octanol–water partition coefficient (Wildman–Crippen LogP) is 3.69. The molecule has 3 heteroatoms. The van der Waals surface area contributed by atoms with Crippen LogP contribution in [-0.4, -0.2) is 0 Å². The topological polar surface area (TPSA) is 35.2 Å². The largest absolute Gasteiger partial charge is 0.454 e. The van der Waals surface area contributed by atoms with Crippen LogP contribution in [0.5, 0.6) is 11.5 Å². The van der Waals surface area contributed by atoms with Gasteiger partial charge in [0.2, 0.25) is 0 Å². The summed E-state index contributed by atoms with van der Waals surface area (Å²) in [4.78, 5) is 0. The Hall–Kier alpha value is -1.87. The van der Waals surface area contributed by atoms with E-state index in [9.17, 15) is 4.39 Å². The number of rotatable bonds is 3. The zero-order valence-electron chi connectivity index (χ0n) is 10.5. The summed E-state index contributed by atoms with van der Waals surface area (Å²) in [6.45, 7) is 4.19. The van der Waals surface area contributed by atoms with E-state index < -0.39 is 5.82 Å². The second-order valence-corrected chi connectivity index (χ2v) is 4.30. The van der Waals surface area contributed by atoms with E-state index >= 15 is 0 Å². The molecule has 0 saturated heterocycles. The fourth-order valence-electron chi connectivity index (χ4n) is 1.85. The molecule has 0 heterocycles. The fraction of sp³-hybridized carbons (Fsp3) is 0.200. The Kier molecular flexibility index (Phi) is 3.63. The van der Waals surface area contributed by atoms with E-state index in [1.807, 2.05) is 32.0 Å². The molecule has 0 atom stereocenters. The lowest BCUT2D eigenvalue weighted by Gasteiger charge is -2.13. The van der Waals surface area contributed by atoms with Crippen LogP contribution in [0.25, 0.3) is 0 Å². The summed E-state index contributed by atoms with van der Waals surface area (Å²) >= 11 is 0. The van der Waals surface area contributed by atoms with E-state index in [1.165, 1.54) is 6.07 Å². The molecular formula is C15H16FNO. The molecule has 94 valence electrons. The van der Waals surface area contributed by atoms with Crippen LogP contribution in [0.3, 0.4) is 0 Å². The number of hydrogen-bond donors (Lipinski definition) is 1. The highest BCUT2D eigenvalue weighted by molar-refractivity contribution is 5.42. The summed E-state index contributed by atoms with van der Waals surface area (Å²) in [5.74, 6) is 0.477. The Labute approximate surface area is 106 Å². The van der Waals surface area contributed by atoms with Gasteiger partial charge in [-0.1, -0.05) is 29.8 Å². The molecule has 0 aliphatic heterocycles. The van der Waals surface area contributed by atoms with Gasteiger partial charge in [-0.3, -0.25) is 0 Å². The quantitative estimate of drug-likeness (QED) is 0.895. The fourth-order valence-corrected chi connectivity index (χ4v) is 1.85. The van der Waals surface area contributed by atoms with Crippen LogP contribution >= 0.6 is 0 Å². The van der Waals surface area contributed by atoms with Crippen LogP contribution in [0.15, 0.2) is 36.4 Å². The molecule has 0 saturated carbocycles. The Morgan fingerprint density at radius 1 is 1.17 bits per heavy atom.